The third kappa shape index (κ3) is 1.26. The first-order valence-electron chi connectivity index (χ1n) is 6.09. The van der Waals surface area contributed by atoms with Crippen LogP contribution in [0.1, 0.15) is 28.4 Å². The van der Waals surface area contributed by atoms with Gasteiger partial charge in [0.05, 0.1) is 5.54 Å². The SMILES string of the molecule is CN1C(=O)c2ccccc2C1(C)c1ccccc1. The molecular formula is C16H15NO. The normalized spacial score (nSPS) is 22.1. The van der Waals surface area contributed by atoms with Crippen molar-refractivity contribution in [2.75, 3.05) is 7.05 Å². The molecular weight excluding hydrogens is 222 g/mol. The van der Waals surface area contributed by atoms with Crippen LogP contribution in [-0.2, 0) is 5.54 Å². The Morgan fingerprint density at radius 3 is 2.28 bits per heavy atom. The number of hydrogen-bond donors (Lipinski definition) is 0. The van der Waals surface area contributed by atoms with Crippen molar-refractivity contribution in [2.45, 2.75) is 12.5 Å². The third-order valence-corrected chi connectivity index (χ3v) is 3.99. The lowest BCUT2D eigenvalue weighted by Crippen LogP contribution is -2.39. The topological polar surface area (TPSA) is 20.3 Å². The molecule has 1 heterocycles. The largest absolute Gasteiger partial charge is 0.328 e. The highest BCUT2D eigenvalue weighted by atomic mass is 16.2. The lowest BCUT2D eigenvalue weighted by atomic mass is 9.85. The van der Waals surface area contributed by atoms with Crippen molar-refractivity contribution in [3.63, 3.8) is 0 Å². The second-order valence-corrected chi connectivity index (χ2v) is 4.85. The number of hydrogen-bond acceptors (Lipinski definition) is 1. The summed E-state index contributed by atoms with van der Waals surface area (Å²) in [6, 6.07) is 18.0. The molecule has 0 radical (unpaired) electrons. The van der Waals surface area contributed by atoms with E-state index in [9.17, 15) is 4.79 Å². The van der Waals surface area contributed by atoms with Crippen molar-refractivity contribution < 1.29 is 4.79 Å². The maximum Gasteiger partial charge on any atom is 0.254 e. The summed E-state index contributed by atoms with van der Waals surface area (Å²) in [4.78, 5) is 14.1. The van der Waals surface area contributed by atoms with Crippen molar-refractivity contribution in [1.29, 1.82) is 0 Å². The molecule has 18 heavy (non-hydrogen) atoms. The number of benzene rings is 2. The van der Waals surface area contributed by atoms with Gasteiger partial charge in [-0.2, -0.15) is 0 Å². The van der Waals surface area contributed by atoms with E-state index in [-0.39, 0.29) is 11.4 Å². The molecule has 1 atom stereocenters. The Bertz CT molecular complexity index is 606. The number of amides is 1. The van der Waals surface area contributed by atoms with E-state index in [1.807, 2.05) is 54.4 Å². The van der Waals surface area contributed by atoms with Gasteiger partial charge in [-0.1, -0.05) is 48.5 Å². The van der Waals surface area contributed by atoms with Crippen LogP contribution in [0.15, 0.2) is 54.6 Å². The zero-order valence-electron chi connectivity index (χ0n) is 10.6. The predicted octanol–water partition coefficient (Wildman–Crippen LogP) is 3.04. The van der Waals surface area contributed by atoms with E-state index in [4.69, 9.17) is 0 Å². The molecule has 1 unspecified atom stereocenters. The van der Waals surface area contributed by atoms with Crippen LogP contribution in [0.2, 0.25) is 0 Å². The summed E-state index contributed by atoms with van der Waals surface area (Å²) in [5, 5.41) is 0. The average Bonchev–Trinajstić information content (AvgIpc) is 2.64. The maximum atomic E-state index is 12.3. The van der Waals surface area contributed by atoms with Crippen molar-refractivity contribution in [3.05, 3.63) is 71.3 Å². The Kier molecular flexibility index (Phi) is 2.27. The first-order chi connectivity index (χ1) is 8.65. The first-order valence-corrected chi connectivity index (χ1v) is 6.09. The molecule has 0 fully saturated rings. The van der Waals surface area contributed by atoms with Crippen molar-refractivity contribution in [3.8, 4) is 0 Å². The molecule has 2 aromatic carbocycles. The highest BCUT2D eigenvalue weighted by molar-refractivity contribution is 6.00. The van der Waals surface area contributed by atoms with Crippen molar-refractivity contribution in [2.24, 2.45) is 0 Å². The van der Waals surface area contributed by atoms with E-state index in [0.717, 1.165) is 16.7 Å². The molecule has 1 amide bonds. The second kappa shape index (κ2) is 3.70. The first kappa shape index (κ1) is 11.0. The Hall–Kier alpha value is -2.09. The van der Waals surface area contributed by atoms with Gasteiger partial charge in [-0.25, -0.2) is 0 Å². The fraction of sp³-hybridized carbons (Fsp3) is 0.188. The molecule has 0 spiro atoms. The van der Waals surface area contributed by atoms with Crippen LogP contribution >= 0.6 is 0 Å². The summed E-state index contributed by atoms with van der Waals surface area (Å²) in [7, 11) is 1.87. The lowest BCUT2D eigenvalue weighted by molar-refractivity contribution is 0.0716. The highest BCUT2D eigenvalue weighted by Gasteiger charge is 2.44. The van der Waals surface area contributed by atoms with Crippen LogP contribution in [0.3, 0.4) is 0 Å². The number of carbonyl (C=O) groups is 1. The van der Waals surface area contributed by atoms with Gasteiger partial charge in [0.25, 0.3) is 5.91 Å². The van der Waals surface area contributed by atoms with Crippen LogP contribution < -0.4 is 0 Å². The summed E-state index contributed by atoms with van der Waals surface area (Å²) >= 11 is 0. The van der Waals surface area contributed by atoms with Gasteiger partial charge in [0, 0.05) is 12.6 Å². The Labute approximate surface area is 107 Å². The van der Waals surface area contributed by atoms with Gasteiger partial charge in [-0.3, -0.25) is 4.79 Å². The summed E-state index contributed by atoms with van der Waals surface area (Å²) < 4.78 is 0. The van der Waals surface area contributed by atoms with Gasteiger partial charge in [0.1, 0.15) is 0 Å². The molecule has 0 aliphatic carbocycles. The van der Waals surface area contributed by atoms with Gasteiger partial charge in [0.2, 0.25) is 0 Å². The van der Waals surface area contributed by atoms with Crippen molar-refractivity contribution >= 4 is 5.91 Å². The lowest BCUT2D eigenvalue weighted by Gasteiger charge is -2.33. The molecule has 0 bridgehead atoms. The van der Waals surface area contributed by atoms with Crippen molar-refractivity contribution in [1.82, 2.24) is 4.90 Å². The van der Waals surface area contributed by atoms with E-state index in [2.05, 4.69) is 19.1 Å². The zero-order chi connectivity index (χ0) is 12.8. The minimum absolute atomic E-state index is 0.0944. The van der Waals surface area contributed by atoms with E-state index in [0.29, 0.717) is 0 Å². The summed E-state index contributed by atoms with van der Waals surface area (Å²) in [5.41, 5.74) is 2.68. The smallest absolute Gasteiger partial charge is 0.254 e. The number of fused-ring (bicyclic) bond motifs is 1. The molecule has 0 saturated heterocycles. The summed E-state index contributed by atoms with van der Waals surface area (Å²) in [5.74, 6) is 0.0944. The standard InChI is InChI=1S/C16H15NO/c1-16(12-8-4-3-5-9-12)14-11-7-6-10-13(14)15(18)17(16)2/h3-11H,1-2H3. The molecule has 0 aromatic heterocycles. The van der Waals surface area contributed by atoms with E-state index in [1.165, 1.54) is 0 Å². The van der Waals surface area contributed by atoms with Gasteiger partial charge in [-0.05, 0) is 24.1 Å². The number of carbonyl (C=O) groups excluding carboxylic acids is 1. The molecule has 1 aliphatic heterocycles. The molecule has 2 aromatic rings. The quantitative estimate of drug-likeness (QED) is 0.746. The van der Waals surface area contributed by atoms with Gasteiger partial charge in [0.15, 0.2) is 0 Å². The van der Waals surface area contributed by atoms with E-state index >= 15 is 0 Å². The fourth-order valence-corrected chi connectivity index (χ4v) is 2.77. The van der Waals surface area contributed by atoms with Gasteiger partial charge < -0.3 is 4.90 Å². The van der Waals surface area contributed by atoms with E-state index < -0.39 is 0 Å². The fourth-order valence-electron chi connectivity index (χ4n) is 2.77. The number of rotatable bonds is 1. The summed E-state index contributed by atoms with van der Waals surface area (Å²) in [6.45, 7) is 2.10. The highest BCUT2D eigenvalue weighted by Crippen LogP contribution is 2.42. The molecule has 2 nitrogen and oxygen atoms in total. The molecule has 3 rings (SSSR count). The minimum atomic E-state index is -0.366. The monoisotopic (exact) mass is 237 g/mol. The Balaban J connectivity index is 2.27. The molecule has 2 heteroatoms. The third-order valence-electron chi connectivity index (χ3n) is 3.99. The molecule has 1 aliphatic rings. The van der Waals surface area contributed by atoms with Crippen LogP contribution in [0.25, 0.3) is 0 Å². The van der Waals surface area contributed by atoms with Crippen LogP contribution in [-0.4, -0.2) is 17.9 Å². The molecule has 0 saturated carbocycles. The zero-order valence-corrected chi connectivity index (χ0v) is 10.6. The van der Waals surface area contributed by atoms with Gasteiger partial charge >= 0.3 is 0 Å². The second-order valence-electron chi connectivity index (χ2n) is 4.85. The molecule has 90 valence electrons. The number of nitrogens with zero attached hydrogens (tertiary/aromatic N) is 1. The summed E-state index contributed by atoms with van der Waals surface area (Å²) in [6.07, 6.45) is 0. The van der Waals surface area contributed by atoms with Crippen LogP contribution in [0.4, 0.5) is 0 Å². The van der Waals surface area contributed by atoms with E-state index in [1.54, 1.807) is 0 Å². The average molecular weight is 237 g/mol. The van der Waals surface area contributed by atoms with Gasteiger partial charge in [-0.15, -0.1) is 0 Å². The minimum Gasteiger partial charge on any atom is -0.328 e. The Morgan fingerprint density at radius 1 is 0.944 bits per heavy atom. The maximum absolute atomic E-state index is 12.3. The molecule has 0 N–H and O–H groups in total. The predicted molar refractivity (Wildman–Crippen MR) is 71.4 cm³/mol. The van der Waals surface area contributed by atoms with Crippen LogP contribution in [0.5, 0.6) is 0 Å². The Morgan fingerprint density at radius 2 is 1.56 bits per heavy atom. The van der Waals surface area contributed by atoms with Crippen LogP contribution in [0, 0.1) is 0 Å².